The zero-order valence-corrected chi connectivity index (χ0v) is 20.2. The van der Waals surface area contributed by atoms with Crippen molar-refractivity contribution in [2.45, 2.75) is 38.7 Å². The van der Waals surface area contributed by atoms with E-state index in [0.29, 0.717) is 11.3 Å². The molecule has 0 radical (unpaired) electrons. The van der Waals surface area contributed by atoms with Crippen LogP contribution in [0.15, 0.2) is 29.0 Å². The summed E-state index contributed by atoms with van der Waals surface area (Å²) >= 11 is 0. The van der Waals surface area contributed by atoms with Crippen LogP contribution in [0.5, 0.6) is 5.75 Å². The highest BCUT2D eigenvalue weighted by Crippen LogP contribution is 2.52. The molecule has 1 aromatic rings. The number of carbonyl (C=O) groups is 5. The summed E-state index contributed by atoms with van der Waals surface area (Å²) in [5.74, 6) is -8.10. The molecule has 3 aliphatic rings. The molecule has 0 bridgehead atoms. The van der Waals surface area contributed by atoms with Gasteiger partial charge in [-0.25, -0.2) is 0 Å². The first-order valence-corrected chi connectivity index (χ1v) is 11.3. The van der Waals surface area contributed by atoms with E-state index in [1.165, 1.54) is 6.07 Å². The van der Waals surface area contributed by atoms with Gasteiger partial charge >= 0.3 is 5.97 Å². The van der Waals surface area contributed by atoms with Crippen LogP contribution in [0.2, 0.25) is 0 Å². The Bertz CT molecular complexity index is 1310. The maximum absolute atomic E-state index is 13.7. The first kappa shape index (κ1) is 25.1. The molecule has 0 aliphatic heterocycles. The van der Waals surface area contributed by atoms with E-state index in [9.17, 15) is 39.3 Å². The fourth-order valence-corrected chi connectivity index (χ4v) is 5.47. The van der Waals surface area contributed by atoms with Gasteiger partial charge in [0.25, 0.3) is 5.91 Å². The first-order chi connectivity index (χ1) is 16.8. The number of amides is 2. The molecule has 190 valence electrons. The fourth-order valence-electron chi connectivity index (χ4n) is 5.47. The van der Waals surface area contributed by atoms with Crippen molar-refractivity contribution in [2.24, 2.45) is 11.8 Å². The third-order valence-corrected chi connectivity index (χ3v) is 6.92. The number of aliphatic hydroxyl groups excluding tert-OH is 1. The third-order valence-electron chi connectivity index (χ3n) is 6.92. The number of rotatable bonds is 3. The topological polar surface area (TPSA) is 171 Å². The molecule has 0 heterocycles. The number of benzene rings is 1. The SMILES string of the molecule is CC(=O)NC(=O)C1=C(OC(C)=O)C[C@@H]2C[C@@H]3Cc4c(N(C)C)ccc(O)c4C(O)=C3C(=O)[C@]2(O)C1=O. The highest BCUT2D eigenvalue weighted by Gasteiger charge is 2.62. The number of hydrogen-bond acceptors (Lipinski definition) is 10. The monoisotopic (exact) mass is 498 g/mol. The molecule has 11 heteroatoms. The number of phenols is 1. The first-order valence-electron chi connectivity index (χ1n) is 11.3. The van der Waals surface area contributed by atoms with Gasteiger partial charge in [0.2, 0.25) is 17.5 Å². The molecule has 1 aromatic carbocycles. The van der Waals surface area contributed by atoms with Gasteiger partial charge in [0.15, 0.2) is 5.60 Å². The Hall–Kier alpha value is -3.99. The number of hydrogen-bond donors (Lipinski definition) is 4. The second-order valence-corrected chi connectivity index (χ2v) is 9.48. The summed E-state index contributed by atoms with van der Waals surface area (Å²) in [7, 11) is 3.58. The van der Waals surface area contributed by atoms with Crippen LogP contribution in [0, 0.1) is 11.8 Å². The predicted octanol–water partition coefficient (Wildman–Crippen LogP) is 0.672. The zero-order valence-electron chi connectivity index (χ0n) is 20.2. The molecule has 11 nitrogen and oxygen atoms in total. The lowest BCUT2D eigenvalue weighted by Gasteiger charge is -2.46. The van der Waals surface area contributed by atoms with Gasteiger partial charge in [-0.1, -0.05) is 0 Å². The number of aliphatic hydroxyl groups is 2. The standard InChI is InChI=1S/C25H26N2O9/c1-10(28)26-24(34)20-17(36-11(2)29)9-13-7-12-8-14-15(27(3)4)5-6-16(30)19(14)21(31)18(12)22(32)25(13,35)23(20)33/h5-6,12-13,30-31,35H,7-9H2,1-4H3,(H,26,28,34)/t12-,13+,25+/m1/s1. The molecule has 0 unspecified atom stereocenters. The van der Waals surface area contributed by atoms with E-state index in [0.717, 1.165) is 13.8 Å². The maximum atomic E-state index is 13.7. The van der Waals surface area contributed by atoms with Gasteiger partial charge in [-0.05, 0) is 36.5 Å². The van der Waals surface area contributed by atoms with Crippen LogP contribution in [0.4, 0.5) is 5.69 Å². The number of phenolic OH excluding ortho intramolecular Hbond substituents is 1. The van der Waals surface area contributed by atoms with Crippen molar-refractivity contribution >= 4 is 40.8 Å². The Morgan fingerprint density at radius 2 is 1.75 bits per heavy atom. The number of imide groups is 1. The molecule has 4 N–H and O–H groups in total. The molecule has 36 heavy (non-hydrogen) atoms. The molecule has 0 aromatic heterocycles. The van der Waals surface area contributed by atoms with E-state index in [2.05, 4.69) is 0 Å². The van der Waals surface area contributed by atoms with E-state index < -0.39 is 58.1 Å². The minimum atomic E-state index is -2.74. The average Bonchev–Trinajstić information content (AvgIpc) is 2.75. The van der Waals surface area contributed by atoms with Crippen molar-refractivity contribution in [1.82, 2.24) is 5.32 Å². The van der Waals surface area contributed by atoms with Crippen molar-refractivity contribution in [3.63, 3.8) is 0 Å². The van der Waals surface area contributed by atoms with Gasteiger partial charge in [0, 0.05) is 51.5 Å². The summed E-state index contributed by atoms with van der Waals surface area (Å²) in [4.78, 5) is 64.8. The highest BCUT2D eigenvalue weighted by atomic mass is 16.5. The largest absolute Gasteiger partial charge is 0.507 e. The number of nitrogens with one attached hydrogen (secondary N) is 1. The van der Waals surface area contributed by atoms with Crippen molar-refractivity contribution < 1.29 is 44.0 Å². The van der Waals surface area contributed by atoms with Gasteiger partial charge < -0.3 is 25.0 Å². The predicted molar refractivity (Wildman–Crippen MR) is 124 cm³/mol. The fraction of sp³-hybridized carbons (Fsp3) is 0.400. The third kappa shape index (κ3) is 3.67. The normalized spacial score (nSPS) is 25.0. The summed E-state index contributed by atoms with van der Waals surface area (Å²) in [5, 5.41) is 35.0. The van der Waals surface area contributed by atoms with Crippen LogP contribution < -0.4 is 10.2 Å². The molecule has 4 rings (SSSR count). The van der Waals surface area contributed by atoms with Gasteiger partial charge in [0.05, 0.1) is 5.56 Å². The molecular formula is C25H26N2O9. The molecule has 0 spiro atoms. The van der Waals surface area contributed by atoms with E-state index >= 15 is 0 Å². The summed E-state index contributed by atoms with van der Waals surface area (Å²) in [6, 6.07) is 3.05. The molecular weight excluding hydrogens is 472 g/mol. The molecule has 3 atom stereocenters. The van der Waals surface area contributed by atoms with Crippen LogP contribution in [-0.2, 0) is 35.1 Å². The van der Waals surface area contributed by atoms with Crippen molar-refractivity contribution in [3.05, 3.63) is 40.2 Å². The van der Waals surface area contributed by atoms with Crippen LogP contribution in [0.25, 0.3) is 5.76 Å². The Kier molecular flexibility index (Phi) is 5.99. The van der Waals surface area contributed by atoms with Crippen molar-refractivity contribution in [1.29, 1.82) is 0 Å². The zero-order chi connectivity index (χ0) is 26.7. The number of nitrogens with zero attached hydrogens (tertiary/aromatic N) is 1. The molecule has 2 amide bonds. The maximum Gasteiger partial charge on any atom is 0.307 e. The number of carbonyl (C=O) groups excluding carboxylic acids is 5. The van der Waals surface area contributed by atoms with E-state index in [-0.39, 0.29) is 41.9 Å². The minimum Gasteiger partial charge on any atom is -0.507 e. The lowest BCUT2D eigenvalue weighted by atomic mass is 9.58. The van der Waals surface area contributed by atoms with Crippen LogP contribution in [-0.4, -0.2) is 64.4 Å². The smallest absolute Gasteiger partial charge is 0.307 e. The number of esters is 1. The number of Topliss-reactive ketones (excluding diaryl/α,β-unsaturated/α-hetero) is 2. The van der Waals surface area contributed by atoms with Crippen LogP contribution in [0.3, 0.4) is 0 Å². The number of allylic oxidation sites excluding steroid dienone is 1. The summed E-state index contributed by atoms with van der Waals surface area (Å²) < 4.78 is 5.11. The summed E-state index contributed by atoms with van der Waals surface area (Å²) in [6.07, 6.45) is -0.0264. The highest BCUT2D eigenvalue weighted by molar-refractivity contribution is 6.34. The molecule has 1 saturated carbocycles. The number of ether oxygens (including phenoxy) is 1. The summed E-state index contributed by atoms with van der Waals surface area (Å²) in [6.45, 7) is 2.10. The van der Waals surface area contributed by atoms with Crippen molar-refractivity contribution in [2.75, 3.05) is 19.0 Å². The lowest BCUT2D eigenvalue weighted by Crippen LogP contribution is -2.61. The van der Waals surface area contributed by atoms with E-state index in [1.54, 1.807) is 25.1 Å². The lowest BCUT2D eigenvalue weighted by molar-refractivity contribution is -0.159. The molecule has 3 aliphatic carbocycles. The number of fused-ring (bicyclic) bond motifs is 3. The average molecular weight is 498 g/mol. The van der Waals surface area contributed by atoms with Gasteiger partial charge in [-0.15, -0.1) is 0 Å². The van der Waals surface area contributed by atoms with Crippen molar-refractivity contribution in [3.8, 4) is 5.75 Å². The Morgan fingerprint density at radius 1 is 1.08 bits per heavy atom. The van der Waals surface area contributed by atoms with Gasteiger partial charge in [-0.3, -0.25) is 29.3 Å². The Balaban J connectivity index is 1.88. The number of anilines is 1. The quantitative estimate of drug-likeness (QED) is 0.264. The Labute approximate surface area is 206 Å². The van der Waals surface area contributed by atoms with E-state index in [1.807, 2.05) is 5.32 Å². The second-order valence-electron chi connectivity index (χ2n) is 9.48. The minimum absolute atomic E-state index is 0.0387. The molecule has 0 saturated heterocycles. The number of ketones is 2. The van der Waals surface area contributed by atoms with Crippen LogP contribution in [0.1, 0.15) is 37.8 Å². The van der Waals surface area contributed by atoms with Crippen LogP contribution >= 0.6 is 0 Å². The second kappa shape index (κ2) is 8.59. The van der Waals surface area contributed by atoms with Gasteiger partial charge in [0.1, 0.15) is 22.8 Å². The van der Waals surface area contributed by atoms with E-state index in [4.69, 9.17) is 4.74 Å². The molecule has 1 fully saturated rings. The Morgan fingerprint density at radius 3 is 2.33 bits per heavy atom. The van der Waals surface area contributed by atoms with Gasteiger partial charge in [-0.2, -0.15) is 0 Å². The number of aromatic hydroxyl groups is 1. The summed E-state index contributed by atoms with van der Waals surface area (Å²) in [5.41, 5.74) is -2.41.